The minimum Gasteiger partial charge on any atom is -0.495 e. The van der Waals surface area contributed by atoms with Gasteiger partial charge < -0.3 is 30.7 Å². The topological polar surface area (TPSA) is 191 Å². The zero-order valence-corrected chi connectivity index (χ0v) is 25.1. The second-order valence-electron chi connectivity index (χ2n) is 10.1. The number of amides is 3. The first-order valence-electron chi connectivity index (χ1n) is 13.5. The van der Waals surface area contributed by atoms with Crippen LogP contribution in [0.1, 0.15) is 29.3 Å². The Hall–Kier alpha value is -5.02. The van der Waals surface area contributed by atoms with Gasteiger partial charge >= 0.3 is 12.0 Å². The summed E-state index contributed by atoms with van der Waals surface area (Å²) in [4.78, 5) is 46.5. The Balaban J connectivity index is 1.37. The number of nitrogens with zero attached hydrogens (tertiary/aromatic N) is 3. The monoisotopic (exact) mass is 623 g/mol. The van der Waals surface area contributed by atoms with Gasteiger partial charge in [0.05, 0.1) is 62.1 Å². The van der Waals surface area contributed by atoms with E-state index in [1.807, 2.05) is 25.1 Å². The zero-order valence-electron chi connectivity index (χ0n) is 24.3. The number of likely N-dealkylation sites (N-methyl/N-ethyl adjacent to an activating group) is 1. The van der Waals surface area contributed by atoms with Crippen LogP contribution in [0.15, 0.2) is 65.8 Å². The number of aliphatic imine (C=N–C) groups is 1. The average molecular weight is 624 g/mol. The lowest BCUT2D eigenvalue weighted by atomic mass is 10.1. The standard InChI is InChI=1S/C29H33N7O7S/c1-18-6-4-5-7-21(18)33-29(40)34-23-10-8-19(12-25(23)43-3)13-26(37)32-20-9-11-22(30-15-20)24(14-28(38)39)35-44(41,42)27-16-36(2)17-31-27/h4-12,15,17,24,27,35H,13-14,16H2,1-3H3,(H,32,37)(H,38,39)(H2,33,34,40). The Morgan fingerprint density at radius 2 is 1.82 bits per heavy atom. The molecule has 44 heavy (non-hydrogen) atoms. The molecule has 0 fully saturated rings. The third-order valence-electron chi connectivity index (χ3n) is 6.62. The third-order valence-corrected chi connectivity index (χ3v) is 8.22. The second-order valence-corrected chi connectivity index (χ2v) is 12.0. The molecule has 4 rings (SSSR count). The van der Waals surface area contributed by atoms with Crippen molar-refractivity contribution in [3.8, 4) is 5.75 Å². The number of aromatic nitrogens is 1. The van der Waals surface area contributed by atoms with Crippen LogP contribution < -0.4 is 25.4 Å². The number of sulfonamides is 1. The molecule has 2 aromatic carbocycles. The molecular weight excluding hydrogens is 590 g/mol. The summed E-state index contributed by atoms with van der Waals surface area (Å²) in [6.45, 7) is 2.02. The summed E-state index contributed by atoms with van der Waals surface area (Å²) in [5.41, 5.74) is 3.11. The molecule has 0 saturated carbocycles. The molecule has 2 unspecified atom stereocenters. The number of carboxylic acid groups (broad SMARTS) is 1. The predicted octanol–water partition coefficient (Wildman–Crippen LogP) is 2.96. The van der Waals surface area contributed by atoms with E-state index in [9.17, 15) is 27.9 Å². The van der Waals surface area contributed by atoms with E-state index in [0.717, 1.165) is 5.56 Å². The van der Waals surface area contributed by atoms with Crippen LogP contribution in [0.5, 0.6) is 5.75 Å². The Morgan fingerprint density at radius 1 is 1.07 bits per heavy atom. The molecule has 1 aliphatic heterocycles. The number of aliphatic carboxylic acids is 1. The fraction of sp³-hybridized carbons (Fsp3) is 0.276. The van der Waals surface area contributed by atoms with E-state index in [0.29, 0.717) is 28.4 Å². The van der Waals surface area contributed by atoms with Crippen molar-refractivity contribution in [3.05, 3.63) is 77.6 Å². The number of benzene rings is 2. The van der Waals surface area contributed by atoms with E-state index >= 15 is 0 Å². The van der Waals surface area contributed by atoms with Gasteiger partial charge in [0.25, 0.3) is 0 Å². The molecule has 0 radical (unpaired) electrons. The number of nitrogens with one attached hydrogen (secondary N) is 4. The highest BCUT2D eigenvalue weighted by molar-refractivity contribution is 7.90. The number of hydrogen-bond donors (Lipinski definition) is 5. The van der Waals surface area contributed by atoms with Gasteiger partial charge in [-0.25, -0.2) is 17.9 Å². The zero-order chi connectivity index (χ0) is 31.9. The fourth-order valence-corrected chi connectivity index (χ4v) is 5.78. The molecule has 1 aromatic heterocycles. The number of methoxy groups -OCH3 is 1. The Morgan fingerprint density at radius 3 is 2.45 bits per heavy atom. The van der Waals surface area contributed by atoms with Crippen LogP contribution in [0.3, 0.4) is 0 Å². The maximum Gasteiger partial charge on any atom is 0.323 e. The number of carboxylic acids is 1. The number of para-hydroxylation sites is 1. The first kappa shape index (κ1) is 31.9. The van der Waals surface area contributed by atoms with Crippen LogP contribution in [-0.2, 0) is 26.0 Å². The van der Waals surface area contributed by atoms with Crippen molar-refractivity contribution in [1.29, 1.82) is 0 Å². The van der Waals surface area contributed by atoms with Crippen molar-refractivity contribution in [2.24, 2.45) is 4.99 Å². The SMILES string of the molecule is COc1cc(CC(=O)Nc2ccc(C(CC(=O)O)NS(=O)(=O)C3CN(C)C=N3)nc2)ccc1NC(=O)Nc1ccccc1C. The van der Waals surface area contributed by atoms with Crippen LogP contribution >= 0.6 is 0 Å². The molecule has 0 saturated heterocycles. The van der Waals surface area contributed by atoms with Crippen LogP contribution in [0.2, 0.25) is 0 Å². The minimum atomic E-state index is -3.98. The summed E-state index contributed by atoms with van der Waals surface area (Å²) in [6.07, 6.45) is 2.16. The molecule has 15 heteroatoms. The molecular formula is C29H33N7O7S. The summed E-state index contributed by atoms with van der Waals surface area (Å²) in [7, 11) is -0.848. The lowest BCUT2D eigenvalue weighted by Crippen LogP contribution is -2.39. The number of hydrogen-bond acceptors (Lipinski definition) is 9. The number of urea groups is 1. The molecule has 3 amide bonds. The van der Waals surface area contributed by atoms with Gasteiger partial charge in [-0.15, -0.1) is 0 Å². The van der Waals surface area contributed by atoms with E-state index < -0.39 is 39.9 Å². The van der Waals surface area contributed by atoms with Crippen LogP contribution in [0.25, 0.3) is 0 Å². The van der Waals surface area contributed by atoms with E-state index in [1.54, 1.807) is 36.2 Å². The summed E-state index contributed by atoms with van der Waals surface area (Å²) in [5, 5.41) is 16.5. The molecule has 0 aliphatic carbocycles. The number of anilines is 3. The Labute approximate surface area is 254 Å². The number of ether oxygens (including phenoxy) is 1. The molecule has 232 valence electrons. The van der Waals surface area contributed by atoms with Gasteiger partial charge in [0.1, 0.15) is 5.75 Å². The number of carbonyl (C=O) groups is 3. The van der Waals surface area contributed by atoms with Crippen molar-refractivity contribution < 1.29 is 32.6 Å². The predicted molar refractivity (Wildman–Crippen MR) is 165 cm³/mol. The van der Waals surface area contributed by atoms with E-state index in [2.05, 4.69) is 30.6 Å². The van der Waals surface area contributed by atoms with Gasteiger partial charge in [-0.05, 0) is 48.4 Å². The maximum absolute atomic E-state index is 12.8. The van der Waals surface area contributed by atoms with Crippen LogP contribution in [0.4, 0.5) is 21.9 Å². The molecule has 0 spiro atoms. The normalized spacial score (nSPS) is 15.0. The van der Waals surface area contributed by atoms with Gasteiger partial charge in [-0.3, -0.25) is 19.6 Å². The van der Waals surface area contributed by atoms with Crippen molar-refractivity contribution in [2.75, 3.05) is 36.7 Å². The fourth-order valence-electron chi connectivity index (χ4n) is 4.38. The van der Waals surface area contributed by atoms with Crippen molar-refractivity contribution in [1.82, 2.24) is 14.6 Å². The molecule has 0 bridgehead atoms. The van der Waals surface area contributed by atoms with Gasteiger partial charge in [-0.2, -0.15) is 0 Å². The van der Waals surface area contributed by atoms with Gasteiger partial charge in [0, 0.05) is 12.7 Å². The first-order valence-corrected chi connectivity index (χ1v) is 15.0. The highest BCUT2D eigenvalue weighted by atomic mass is 32.2. The van der Waals surface area contributed by atoms with E-state index in [1.165, 1.54) is 31.8 Å². The molecule has 14 nitrogen and oxygen atoms in total. The van der Waals surface area contributed by atoms with Crippen molar-refractivity contribution >= 4 is 51.3 Å². The summed E-state index contributed by atoms with van der Waals surface area (Å²) in [5.74, 6) is -1.22. The van der Waals surface area contributed by atoms with Gasteiger partial charge in [0.2, 0.25) is 15.9 Å². The molecule has 1 aliphatic rings. The number of rotatable bonds is 12. The second kappa shape index (κ2) is 14.0. The first-order chi connectivity index (χ1) is 20.9. The van der Waals surface area contributed by atoms with Crippen LogP contribution in [-0.4, -0.2) is 73.7 Å². The highest BCUT2D eigenvalue weighted by Crippen LogP contribution is 2.27. The molecule has 3 aromatic rings. The average Bonchev–Trinajstić information content (AvgIpc) is 3.42. The Kier molecular flexibility index (Phi) is 10.1. The largest absolute Gasteiger partial charge is 0.495 e. The highest BCUT2D eigenvalue weighted by Gasteiger charge is 2.32. The minimum absolute atomic E-state index is 0.0222. The number of carbonyl (C=O) groups excluding carboxylic acids is 2. The van der Waals surface area contributed by atoms with Crippen molar-refractivity contribution in [3.63, 3.8) is 0 Å². The molecule has 5 N–H and O–H groups in total. The smallest absolute Gasteiger partial charge is 0.323 e. The number of aryl methyl sites for hydroxylation is 1. The Bertz CT molecular complexity index is 1660. The summed E-state index contributed by atoms with van der Waals surface area (Å²) >= 11 is 0. The van der Waals surface area contributed by atoms with Crippen LogP contribution in [0, 0.1) is 6.92 Å². The summed E-state index contributed by atoms with van der Waals surface area (Å²) in [6, 6.07) is 13.7. The van der Waals surface area contributed by atoms with Gasteiger partial charge in [-0.1, -0.05) is 24.3 Å². The maximum atomic E-state index is 12.8. The van der Waals surface area contributed by atoms with Gasteiger partial charge in [0.15, 0.2) is 5.37 Å². The molecule has 2 heterocycles. The third kappa shape index (κ3) is 8.52. The van der Waals surface area contributed by atoms with Crippen molar-refractivity contribution in [2.45, 2.75) is 31.2 Å². The quantitative estimate of drug-likeness (QED) is 0.202. The van der Waals surface area contributed by atoms with E-state index in [-0.39, 0.29) is 24.6 Å². The van der Waals surface area contributed by atoms with E-state index in [4.69, 9.17) is 4.74 Å². The summed E-state index contributed by atoms with van der Waals surface area (Å²) < 4.78 is 33.4. The number of pyridine rings is 1. The lowest BCUT2D eigenvalue weighted by molar-refractivity contribution is -0.137. The lowest BCUT2D eigenvalue weighted by Gasteiger charge is -2.19. The molecule has 2 atom stereocenters.